The Hall–Kier alpha value is -1.10. The number of carboxylic acid groups (broad SMARTS) is 1. The predicted octanol–water partition coefficient (Wildman–Crippen LogP) is 3.77. The number of carboxylic acids is 1. The lowest BCUT2D eigenvalue weighted by atomic mass is 10.1. The van der Waals surface area contributed by atoms with Crippen molar-refractivity contribution in [2.45, 2.75) is 13.0 Å². The van der Waals surface area contributed by atoms with Gasteiger partial charge in [-0.25, -0.2) is 4.39 Å². The molecule has 0 bridgehead atoms. The first-order valence-electron chi connectivity index (χ1n) is 5.58. The van der Waals surface area contributed by atoms with Gasteiger partial charge < -0.3 is 5.11 Å². The number of nitrogens with zero attached hydrogens (tertiary/aromatic N) is 1. The highest BCUT2D eigenvalue weighted by molar-refractivity contribution is 6.35. The third-order valence-electron chi connectivity index (χ3n) is 2.74. The lowest BCUT2D eigenvalue weighted by molar-refractivity contribution is -0.138. The Bertz CT molecular complexity index is 494. The van der Waals surface area contributed by atoms with Crippen LogP contribution in [-0.4, -0.2) is 29.1 Å². The fourth-order valence-electron chi connectivity index (χ4n) is 1.75. The second-order valence-corrected chi connectivity index (χ2v) is 4.89. The molecular weight excluding hydrogens is 292 g/mol. The van der Waals surface area contributed by atoms with Gasteiger partial charge in [-0.2, -0.15) is 0 Å². The summed E-state index contributed by atoms with van der Waals surface area (Å²) in [5.74, 6) is -1.55. The highest BCUT2D eigenvalue weighted by Crippen LogP contribution is 2.31. The van der Waals surface area contributed by atoms with E-state index in [1.54, 1.807) is 17.9 Å². The van der Waals surface area contributed by atoms with Crippen LogP contribution in [0.4, 0.5) is 4.39 Å². The van der Waals surface area contributed by atoms with E-state index in [1.165, 1.54) is 12.1 Å². The molecule has 0 spiro atoms. The molecule has 6 heteroatoms. The van der Waals surface area contributed by atoms with E-state index in [-0.39, 0.29) is 17.6 Å². The van der Waals surface area contributed by atoms with Gasteiger partial charge in [0.2, 0.25) is 0 Å². The van der Waals surface area contributed by atoms with Crippen LogP contribution in [0.2, 0.25) is 10.0 Å². The minimum atomic E-state index is -0.973. The Morgan fingerprint density at radius 3 is 2.68 bits per heavy atom. The van der Waals surface area contributed by atoms with Gasteiger partial charge in [0.1, 0.15) is 5.82 Å². The summed E-state index contributed by atoms with van der Waals surface area (Å²) in [6.07, 6.45) is 1.58. The molecule has 0 radical (unpaired) electrons. The van der Waals surface area contributed by atoms with E-state index in [4.69, 9.17) is 28.3 Å². The van der Waals surface area contributed by atoms with Gasteiger partial charge >= 0.3 is 5.97 Å². The zero-order valence-electron chi connectivity index (χ0n) is 10.4. The van der Waals surface area contributed by atoms with Gasteiger partial charge in [0.15, 0.2) is 0 Å². The molecule has 1 rings (SSSR count). The Morgan fingerprint density at radius 1 is 1.53 bits per heavy atom. The molecular formula is C13H14Cl2FNO2. The van der Waals surface area contributed by atoms with Crippen molar-refractivity contribution in [1.29, 1.82) is 0 Å². The first-order valence-corrected chi connectivity index (χ1v) is 6.33. The zero-order valence-corrected chi connectivity index (χ0v) is 11.9. The monoisotopic (exact) mass is 305 g/mol. The molecule has 0 saturated carbocycles. The van der Waals surface area contributed by atoms with Gasteiger partial charge in [-0.3, -0.25) is 9.69 Å². The van der Waals surface area contributed by atoms with Gasteiger partial charge in [-0.15, -0.1) is 6.58 Å². The Kier molecular flexibility index (Phi) is 5.79. The third kappa shape index (κ3) is 4.20. The highest BCUT2D eigenvalue weighted by atomic mass is 35.5. The number of hydrogen-bond acceptors (Lipinski definition) is 2. The second-order valence-electron chi connectivity index (χ2n) is 4.08. The number of benzene rings is 1. The minimum Gasteiger partial charge on any atom is -0.480 e. The Balaban J connectivity index is 3.08. The smallest absolute Gasteiger partial charge is 0.317 e. The van der Waals surface area contributed by atoms with Gasteiger partial charge in [0.25, 0.3) is 0 Å². The van der Waals surface area contributed by atoms with Crippen LogP contribution in [0.25, 0.3) is 0 Å². The summed E-state index contributed by atoms with van der Waals surface area (Å²) in [5.41, 5.74) is 0.492. The molecule has 0 fully saturated rings. The van der Waals surface area contributed by atoms with Crippen LogP contribution in [0.3, 0.4) is 0 Å². The largest absolute Gasteiger partial charge is 0.480 e. The molecule has 1 aromatic carbocycles. The zero-order chi connectivity index (χ0) is 14.6. The molecule has 0 amide bonds. The summed E-state index contributed by atoms with van der Waals surface area (Å²) in [5, 5.41) is 9.11. The fourth-order valence-corrected chi connectivity index (χ4v) is 2.30. The fraction of sp³-hybridized carbons (Fsp3) is 0.308. The van der Waals surface area contributed by atoms with E-state index in [1.807, 2.05) is 0 Å². The van der Waals surface area contributed by atoms with Gasteiger partial charge in [-0.05, 0) is 24.6 Å². The van der Waals surface area contributed by atoms with Crippen LogP contribution in [0.15, 0.2) is 24.8 Å². The molecule has 104 valence electrons. The number of carbonyl (C=O) groups is 1. The number of halogens is 3. The summed E-state index contributed by atoms with van der Waals surface area (Å²) >= 11 is 11.7. The van der Waals surface area contributed by atoms with Crippen molar-refractivity contribution in [3.8, 4) is 0 Å². The minimum absolute atomic E-state index is 0.0607. The molecule has 0 aliphatic heterocycles. The van der Waals surface area contributed by atoms with Crippen LogP contribution in [0.1, 0.15) is 18.5 Å². The predicted molar refractivity (Wildman–Crippen MR) is 74.2 cm³/mol. The summed E-state index contributed by atoms with van der Waals surface area (Å²) in [7, 11) is 0. The molecule has 0 saturated heterocycles. The Morgan fingerprint density at radius 2 is 2.16 bits per heavy atom. The molecule has 19 heavy (non-hydrogen) atoms. The summed E-state index contributed by atoms with van der Waals surface area (Å²) in [6.45, 7) is 5.49. The van der Waals surface area contributed by atoms with Gasteiger partial charge in [-0.1, -0.05) is 29.3 Å². The molecule has 3 nitrogen and oxygen atoms in total. The van der Waals surface area contributed by atoms with Crippen LogP contribution in [0.5, 0.6) is 0 Å². The normalized spacial score (nSPS) is 12.5. The maximum absolute atomic E-state index is 13.5. The lowest BCUT2D eigenvalue weighted by Gasteiger charge is -2.27. The van der Waals surface area contributed by atoms with E-state index in [9.17, 15) is 9.18 Å². The van der Waals surface area contributed by atoms with Crippen LogP contribution < -0.4 is 0 Å². The third-order valence-corrected chi connectivity index (χ3v) is 3.36. The van der Waals surface area contributed by atoms with E-state index in [0.717, 1.165) is 0 Å². The maximum Gasteiger partial charge on any atom is 0.317 e. The average molecular weight is 306 g/mol. The number of rotatable bonds is 6. The maximum atomic E-state index is 13.5. The van der Waals surface area contributed by atoms with Crippen molar-refractivity contribution in [3.63, 3.8) is 0 Å². The van der Waals surface area contributed by atoms with Crippen molar-refractivity contribution in [2.75, 3.05) is 13.1 Å². The molecule has 1 aromatic rings. The second kappa shape index (κ2) is 6.89. The van der Waals surface area contributed by atoms with Crippen molar-refractivity contribution in [2.24, 2.45) is 0 Å². The molecule has 1 atom stereocenters. The Labute approximate surface area is 121 Å². The van der Waals surface area contributed by atoms with Crippen LogP contribution in [0, 0.1) is 5.82 Å². The van der Waals surface area contributed by atoms with Crippen LogP contribution in [-0.2, 0) is 4.79 Å². The molecule has 0 aliphatic rings. The van der Waals surface area contributed by atoms with E-state index < -0.39 is 11.8 Å². The molecule has 1 N–H and O–H groups in total. The topological polar surface area (TPSA) is 40.5 Å². The summed E-state index contributed by atoms with van der Waals surface area (Å²) < 4.78 is 13.5. The van der Waals surface area contributed by atoms with Gasteiger partial charge in [0, 0.05) is 17.6 Å². The first kappa shape index (κ1) is 16.0. The highest BCUT2D eigenvalue weighted by Gasteiger charge is 2.21. The van der Waals surface area contributed by atoms with Gasteiger partial charge in [0.05, 0.1) is 11.6 Å². The molecule has 0 aliphatic carbocycles. The molecule has 0 heterocycles. The number of aliphatic carboxylic acids is 1. The van der Waals surface area contributed by atoms with Crippen molar-refractivity contribution >= 4 is 29.2 Å². The van der Waals surface area contributed by atoms with E-state index in [0.29, 0.717) is 17.1 Å². The summed E-state index contributed by atoms with van der Waals surface area (Å²) in [4.78, 5) is 12.4. The van der Waals surface area contributed by atoms with Crippen LogP contribution >= 0.6 is 23.2 Å². The lowest BCUT2D eigenvalue weighted by Crippen LogP contribution is -2.32. The van der Waals surface area contributed by atoms with Crippen molar-refractivity contribution in [3.05, 3.63) is 46.2 Å². The van der Waals surface area contributed by atoms with Crippen molar-refractivity contribution < 1.29 is 14.3 Å². The molecule has 1 unspecified atom stereocenters. The number of hydrogen-bond donors (Lipinski definition) is 1. The first-order chi connectivity index (χ1) is 8.86. The summed E-state index contributed by atoms with van der Waals surface area (Å²) in [6, 6.07) is 2.18. The van der Waals surface area contributed by atoms with E-state index >= 15 is 0 Å². The van der Waals surface area contributed by atoms with Crippen molar-refractivity contribution in [1.82, 2.24) is 4.90 Å². The average Bonchev–Trinajstić information content (AvgIpc) is 2.32. The molecule has 0 aromatic heterocycles. The van der Waals surface area contributed by atoms with E-state index in [2.05, 4.69) is 6.58 Å². The SMILES string of the molecule is C=CCN(CC(=O)O)C(C)c1cc(F)c(Cl)cc1Cl. The standard InChI is InChI=1S/C13H14Cl2FNO2/c1-3-4-17(7-13(18)19)8(2)9-5-12(16)11(15)6-10(9)14/h3,5-6,8H,1,4,7H2,2H3,(H,18,19). The quantitative estimate of drug-likeness (QED) is 0.642.